The van der Waals surface area contributed by atoms with E-state index in [4.69, 9.17) is 10.5 Å². The van der Waals surface area contributed by atoms with Gasteiger partial charge in [0.2, 0.25) is 0 Å². The molecule has 2 rings (SSSR count). The van der Waals surface area contributed by atoms with Crippen LogP contribution in [0.3, 0.4) is 0 Å². The van der Waals surface area contributed by atoms with Crippen molar-refractivity contribution in [2.45, 2.75) is 38.8 Å². The summed E-state index contributed by atoms with van der Waals surface area (Å²) in [4.78, 5) is 5.89. The smallest absolute Gasteiger partial charge is 0.107 e. The van der Waals surface area contributed by atoms with E-state index >= 15 is 0 Å². The lowest BCUT2D eigenvalue weighted by atomic mass is 10.1. The normalized spacial score (nSPS) is 21.7. The molecule has 0 saturated carbocycles. The van der Waals surface area contributed by atoms with Crippen molar-refractivity contribution < 1.29 is 4.74 Å². The van der Waals surface area contributed by atoms with Crippen molar-refractivity contribution in [2.75, 3.05) is 6.61 Å². The molecule has 0 bridgehead atoms. The van der Waals surface area contributed by atoms with Crippen molar-refractivity contribution >= 4 is 11.3 Å². The Kier molecular flexibility index (Phi) is 3.15. The third-order valence-electron chi connectivity index (χ3n) is 2.50. The summed E-state index contributed by atoms with van der Waals surface area (Å²) in [6, 6.07) is 0. The van der Waals surface area contributed by atoms with Gasteiger partial charge in [0.1, 0.15) is 11.1 Å². The van der Waals surface area contributed by atoms with E-state index < -0.39 is 0 Å². The van der Waals surface area contributed by atoms with Gasteiger partial charge in [0.05, 0.1) is 5.69 Å². The SMILES string of the molecule is CCc1sc(CN)nc1C1CCCO1. The number of nitrogens with two attached hydrogens (primary N) is 1. The summed E-state index contributed by atoms with van der Waals surface area (Å²) < 4.78 is 5.64. The fourth-order valence-corrected chi connectivity index (χ4v) is 2.74. The number of ether oxygens (including phenoxy) is 1. The summed E-state index contributed by atoms with van der Waals surface area (Å²) in [5.41, 5.74) is 6.74. The molecule has 1 unspecified atom stereocenters. The molecule has 1 aromatic heterocycles. The van der Waals surface area contributed by atoms with Gasteiger partial charge in [0, 0.05) is 18.0 Å². The van der Waals surface area contributed by atoms with E-state index in [0.29, 0.717) is 6.54 Å². The second-order valence-electron chi connectivity index (χ2n) is 3.48. The van der Waals surface area contributed by atoms with Crippen LogP contribution in [-0.4, -0.2) is 11.6 Å². The second-order valence-corrected chi connectivity index (χ2v) is 4.64. The molecule has 1 fully saturated rings. The molecule has 0 aliphatic carbocycles. The number of rotatable bonds is 3. The Labute approximate surface area is 88.3 Å². The summed E-state index contributed by atoms with van der Waals surface area (Å²) in [6.07, 6.45) is 3.54. The quantitative estimate of drug-likeness (QED) is 0.833. The Morgan fingerprint density at radius 3 is 3.07 bits per heavy atom. The van der Waals surface area contributed by atoms with Gasteiger partial charge < -0.3 is 10.5 Å². The van der Waals surface area contributed by atoms with Crippen LogP contribution in [0.15, 0.2) is 0 Å². The summed E-state index contributed by atoms with van der Waals surface area (Å²) in [7, 11) is 0. The van der Waals surface area contributed by atoms with E-state index in [2.05, 4.69) is 11.9 Å². The van der Waals surface area contributed by atoms with Gasteiger partial charge in [-0.05, 0) is 19.3 Å². The van der Waals surface area contributed by atoms with Gasteiger partial charge >= 0.3 is 0 Å². The van der Waals surface area contributed by atoms with Gasteiger partial charge in [-0.25, -0.2) is 4.98 Å². The Balaban J connectivity index is 2.25. The van der Waals surface area contributed by atoms with Crippen LogP contribution in [0, 0.1) is 0 Å². The average molecular weight is 212 g/mol. The van der Waals surface area contributed by atoms with E-state index in [1.54, 1.807) is 11.3 Å². The lowest BCUT2D eigenvalue weighted by Gasteiger charge is -2.07. The van der Waals surface area contributed by atoms with E-state index in [-0.39, 0.29) is 6.10 Å². The molecular formula is C10H16N2OS. The monoisotopic (exact) mass is 212 g/mol. The first kappa shape index (κ1) is 10.1. The lowest BCUT2D eigenvalue weighted by molar-refractivity contribution is 0.108. The standard InChI is InChI=1S/C10H16N2OS/c1-2-8-10(7-4-3-5-13-7)12-9(6-11)14-8/h7H,2-6,11H2,1H3. The maximum Gasteiger partial charge on any atom is 0.107 e. The Bertz CT molecular complexity index is 305. The number of thiazole rings is 1. The Morgan fingerprint density at radius 2 is 2.50 bits per heavy atom. The van der Waals surface area contributed by atoms with Crippen LogP contribution < -0.4 is 5.73 Å². The molecule has 2 N–H and O–H groups in total. The highest BCUT2D eigenvalue weighted by atomic mass is 32.1. The van der Waals surface area contributed by atoms with Crippen LogP contribution in [0.5, 0.6) is 0 Å². The molecule has 3 nitrogen and oxygen atoms in total. The first-order valence-corrected chi connectivity index (χ1v) is 5.97. The first-order chi connectivity index (χ1) is 6.85. The summed E-state index contributed by atoms with van der Waals surface area (Å²) in [5, 5.41) is 1.03. The van der Waals surface area contributed by atoms with Gasteiger partial charge in [-0.2, -0.15) is 0 Å². The van der Waals surface area contributed by atoms with Gasteiger partial charge in [0.15, 0.2) is 0 Å². The highest BCUT2D eigenvalue weighted by Crippen LogP contribution is 2.33. The Morgan fingerprint density at radius 1 is 1.64 bits per heavy atom. The molecule has 4 heteroatoms. The summed E-state index contributed by atoms with van der Waals surface area (Å²) >= 11 is 1.73. The van der Waals surface area contributed by atoms with E-state index in [1.807, 2.05) is 0 Å². The largest absolute Gasteiger partial charge is 0.372 e. The van der Waals surface area contributed by atoms with Crippen molar-refractivity contribution in [1.82, 2.24) is 4.98 Å². The lowest BCUT2D eigenvalue weighted by Crippen LogP contribution is -2.01. The van der Waals surface area contributed by atoms with Crippen molar-refractivity contribution in [3.63, 3.8) is 0 Å². The maximum atomic E-state index is 5.64. The average Bonchev–Trinajstić information content (AvgIpc) is 2.85. The molecule has 0 amide bonds. The first-order valence-electron chi connectivity index (χ1n) is 5.15. The molecule has 78 valence electrons. The number of hydrogen-bond acceptors (Lipinski definition) is 4. The van der Waals surface area contributed by atoms with Crippen LogP contribution >= 0.6 is 11.3 Å². The van der Waals surface area contributed by atoms with Gasteiger partial charge in [-0.1, -0.05) is 6.92 Å². The van der Waals surface area contributed by atoms with Crippen molar-refractivity contribution in [2.24, 2.45) is 5.73 Å². The highest BCUT2D eigenvalue weighted by molar-refractivity contribution is 7.11. The van der Waals surface area contributed by atoms with Crippen LogP contribution in [0.2, 0.25) is 0 Å². The second kappa shape index (κ2) is 4.38. The van der Waals surface area contributed by atoms with Gasteiger partial charge in [-0.3, -0.25) is 0 Å². The molecule has 14 heavy (non-hydrogen) atoms. The van der Waals surface area contributed by atoms with Crippen molar-refractivity contribution in [3.8, 4) is 0 Å². The number of hydrogen-bond donors (Lipinski definition) is 1. The zero-order chi connectivity index (χ0) is 9.97. The minimum absolute atomic E-state index is 0.237. The molecule has 0 spiro atoms. The molecule has 2 heterocycles. The van der Waals surface area contributed by atoms with Crippen molar-refractivity contribution in [1.29, 1.82) is 0 Å². The summed E-state index contributed by atoms with van der Waals surface area (Å²) in [6.45, 7) is 3.58. The molecule has 1 aromatic rings. The number of nitrogens with zero attached hydrogens (tertiary/aromatic N) is 1. The molecule has 1 atom stereocenters. The fourth-order valence-electron chi connectivity index (χ4n) is 1.80. The zero-order valence-electron chi connectivity index (χ0n) is 8.45. The minimum Gasteiger partial charge on any atom is -0.372 e. The van der Waals surface area contributed by atoms with E-state index in [9.17, 15) is 0 Å². The molecule has 0 radical (unpaired) electrons. The van der Waals surface area contributed by atoms with E-state index in [1.165, 1.54) is 4.88 Å². The molecular weight excluding hydrogens is 196 g/mol. The molecule has 1 saturated heterocycles. The number of aromatic nitrogens is 1. The third kappa shape index (κ3) is 1.82. The summed E-state index contributed by atoms with van der Waals surface area (Å²) in [5.74, 6) is 0. The maximum absolute atomic E-state index is 5.64. The van der Waals surface area contributed by atoms with Crippen LogP contribution in [0.1, 0.15) is 41.4 Å². The number of aryl methyl sites for hydroxylation is 1. The Hall–Kier alpha value is -0.450. The predicted octanol–water partition coefficient (Wildman–Crippen LogP) is 2.02. The molecule has 1 aliphatic heterocycles. The highest BCUT2D eigenvalue weighted by Gasteiger charge is 2.23. The van der Waals surface area contributed by atoms with Crippen LogP contribution in [0.4, 0.5) is 0 Å². The van der Waals surface area contributed by atoms with Crippen LogP contribution in [0.25, 0.3) is 0 Å². The fraction of sp³-hybridized carbons (Fsp3) is 0.700. The van der Waals surface area contributed by atoms with Crippen molar-refractivity contribution in [3.05, 3.63) is 15.6 Å². The van der Waals surface area contributed by atoms with Gasteiger partial charge in [0.25, 0.3) is 0 Å². The minimum atomic E-state index is 0.237. The topological polar surface area (TPSA) is 48.1 Å². The van der Waals surface area contributed by atoms with Crippen LogP contribution in [-0.2, 0) is 17.7 Å². The molecule has 1 aliphatic rings. The predicted molar refractivity (Wildman–Crippen MR) is 57.3 cm³/mol. The van der Waals surface area contributed by atoms with Gasteiger partial charge in [-0.15, -0.1) is 11.3 Å². The molecule has 0 aromatic carbocycles. The third-order valence-corrected chi connectivity index (χ3v) is 3.74. The zero-order valence-corrected chi connectivity index (χ0v) is 9.27. The van der Waals surface area contributed by atoms with E-state index in [0.717, 1.165) is 36.6 Å².